The molecule has 0 aliphatic heterocycles. The molecule has 17 heavy (non-hydrogen) atoms. The molecule has 0 spiro atoms. The lowest BCUT2D eigenvalue weighted by Crippen LogP contribution is -2.11. The normalized spacial score (nSPS) is 13.1. The number of carbonyl (C=O) groups excluding carboxylic acids is 2. The lowest BCUT2D eigenvalue weighted by atomic mass is 10.00. The van der Waals surface area contributed by atoms with E-state index >= 15 is 0 Å². The second-order valence-electron chi connectivity index (χ2n) is 4.87. The predicted octanol–water partition coefficient (Wildman–Crippen LogP) is 3.86. The van der Waals surface area contributed by atoms with E-state index in [9.17, 15) is 9.59 Å². The van der Waals surface area contributed by atoms with Gasteiger partial charge in [0.25, 0.3) is 0 Å². The van der Waals surface area contributed by atoms with E-state index in [4.69, 9.17) is 0 Å². The van der Waals surface area contributed by atoms with Crippen LogP contribution in [-0.2, 0) is 9.59 Å². The van der Waals surface area contributed by atoms with Crippen LogP contribution in [0.3, 0.4) is 0 Å². The van der Waals surface area contributed by atoms with Crippen LogP contribution in [0.25, 0.3) is 0 Å². The van der Waals surface area contributed by atoms with Gasteiger partial charge in [-0.05, 0) is 46.5 Å². The minimum absolute atomic E-state index is 0.144. The smallest absolute Gasteiger partial charge is 0.197 e. The maximum absolute atomic E-state index is 11.0. The van der Waals surface area contributed by atoms with E-state index in [0.717, 1.165) is 25.7 Å². The van der Waals surface area contributed by atoms with E-state index in [1.165, 1.54) is 11.1 Å². The standard InChI is InChI=1S/C15H24O2/c1-12(2)7-5-8-13(3)9-6-10-14(4)15(17)11-16/h7,9,11,14H,5-6,8,10H2,1-4H3. The summed E-state index contributed by atoms with van der Waals surface area (Å²) in [6.45, 7) is 8.13. The fourth-order valence-electron chi connectivity index (χ4n) is 1.53. The highest BCUT2D eigenvalue weighted by Gasteiger charge is 2.09. The van der Waals surface area contributed by atoms with Crippen molar-refractivity contribution < 1.29 is 9.59 Å². The van der Waals surface area contributed by atoms with E-state index < -0.39 is 0 Å². The monoisotopic (exact) mass is 236 g/mol. The highest BCUT2D eigenvalue weighted by molar-refractivity contribution is 6.25. The fraction of sp³-hybridized carbons (Fsp3) is 0.600. The van der Waals surface area contributed by atoms with Gasteiger partial charge < -0.3 is 0 Å². The number of allylic oxidation sites excluding steroid dienone is 4. The number of ketones is 1. The Morgan fingerprint density at radius 2 is 1.76 bits per heavy atom. The van der Waals surface area contributed by atoms with E-state index in [1.807, 2.05) is 6.92 Å². The average Bonchev–Trinajstić information content (AvgIpc) is 2.27. The molecule has 0 radical (unpaired) electrons. The SMILES string of the molecule is CC(C)=CCCC(C)=CCCC(C)C(=O)C=O. The minimum atomic E-state index is -0.291. The largest absolute Gasteiger partial charge is 0.295 e. The molecule has 2 heteroatoms. The minimum Gasteiger partial charge on any atom is -0.295 e. The second kappa shape index (κ2) is 8.91. The van der Waals surface area contributed by atoms with E-state index in [-0.39, 0.29) is 11.7 Å². The third-order valence-corrected chi connectivity index (χ3v) is 2.79. The van der Waals surface area contributed by atoms with Crippen molar-refractivity contribution >= 4 is 12.1 Å². The quantitative estimate of drug-likeness (QED) is 0.364. The molecule has 0 aliphatic rings. The maximum Gasteiger partial charge on any atom is 0.197 e. The molecule has 0 rings (SSSR count). The summed E-state index contributed by atoms with van der Waals surface area (Å²) in [5, 5.41) is 0. The van der Waals surface area contributed by atoms with Gasteiger partial charge in [-0.15, -0.1) is 0 Å². The van der Waals surface area contributed by atoms with E-state index in [2.05, 4.69) is 32.9 Å². The first-order valence-electron chi connectivity index (χ1n) is 6.25. The maximum atomic E-state index is 11.0. The Balaban J connectivity index is 3.88. The Kier molecular flexibility index (Phi) is 8.29. The van der Waals surface area contributed by atoms with Gasteiger partial charge in [0, 0.05) is 5.92 Å². The summed E-state index contributed by atoms with van der Waals surface area (Å²) >= 11 is 0. The van der Waals surface area contributed by atoms with Crippen molar-refractivity contribution in [1.29, 1.82) is 0 Å². The molecule has 0 amide bonds. The van der Waals surface area contributed by atoms with Crippen LogP contribution < -0.4 is 0 Å². The highest BCUT2D eigenvalue weighted by Crippen LogP contribution is 2.11. The van der Waals surface area contributed by atoms with Gasteiger partial charge in [0.05, 0.1) is 0 Å². The Bertz CT molecular complexity index is 307. The molecule has 0 aromatic carbocycles. The van der Waals surface area contributed by atoms with Crippen molar-refractivity contribution in [2.24, 2.45) is 5.92 Å². The fourth-order valence-corrected chi connectivity index (χ4v) is 1.53. The molecule has 1 atom stereocenters. The third kappa shape index (κ3) is 8.61. The topological polar surface area (TPSA) is 34.1 Å². The summed E-state index contributed by atoms with van der Waals surface area (Å²) in [5.41, 5.74) is 2.70. The molecule has 0 fully saturated rings. The van der Waals surface area contributed by atoms with Crippen molar-refractivity contribution in [3.63, 3.8) is 0 Å². The molecule has 0 aromatic heterocycles. The Morgan fingerprint density at radius 1 is 1.12 bits per heavy atom. The van der Waals surface area contributed by atoms with Crippen LogP contribution in [0.5, 0.6) is 0 Å². The molecular weight excluding hydrogens is 212 g/mol. The molecule has 2 nitrogen and oxygen atoms in total. The zero-order valence-corrected chi connectivity index (χ0v) is 11.5. The molecule has 0 aliphatic carbocycles. The molecule has 0 aromatic rings. The summed E-state index contributed by atoms with van der Waals surface area (Å²) in [6.07, 6.45) is 8.62. The van der Waals surface area contributed by atoms with E-state index in [1.54, 1.807) is 0 Å². The highest BCUT2D eigenvalue weighted by atomic mass is 16.2. The lowest BCUT2D eigenvalue weighted by molar-refractivity contribution is -0.132. The van der Waals surface area contributed by atoms with Crippen LogP contribution in [-0.4, -0.2) is 12.1 Å². The zero-order valence-electron chi connectivity index (χ0n) is 11.5. The predicted molar refractivity (Wildman–Crippen MR) is 71.9 cm³/mol. The van der Waals surface area contributed by atoms with Gasteiger partial charge in [0.15, 0.2) is 12.1 Å². The number of hydrogen-bond acceptors (Lipinski definition) is 2. The second-order valence-corrected chi connectivity index (χ2v) is 4.87. The number of carbonyl (C=O) groups is 2. The summed E-state index contributed by atoms with van der Waals surface area (Å²) in [4.78, 5) is 21.3. The van der Waals surface area contributed by atoms with Crippen LogP contribution in [0.15, 0.2) is 23.3 Å². The van der Waals surface area contributed by atoms with Gasteiger partial charge in [0.1, 0.15) is 0 Å². The van der Waals surface area contributed by atoms with Crippen LogP contribution in [0.2, 0.25) is 0 Å². The Morgan fingerprint density at radius 3 is 2.29 bits per heavy atom. The molecule has 0 bridgehead atoms. The first kappa shape index (κ1) is 15.8. The van der Waals surface area contributed by atoms with Crippen molar-refractivity contribution in [2.45, 2.75) is 53.4 Å². The third-order valence-electron chi connectivity index (χ3n) is 2.79. The Labute approximate surface area is 105 Å². The number of hydrogen-bond donors (Lipinski definition) is 0. The summed E-state index contributed by atoms with van der Waals surface area (Å²) in [6, 6.07) is 0. The first-order valence-corrected chi connectivity index (χ1v) is 6.25. The van der Waals surface area contributed by atoms with Crippen LogP contribution in [0.1, 0.15) is 53.4 Å². The first-order chi connectivity index (χ1) is 7.97. The van der Waals surface area contributed by atoms with Crippen molar-refractivity contribution in [3.05, 3.63) is 23.3 Å². The summed E-state index contributed by atoms with van der Waals surface area (Å²) in [7, 11) is 0. The van der Waals surface area contributed by atoms with Crippen molar-refractivity contribution in [3.8, 4) is 0 Å². The van der Waals surface area contributed by atoms with Gasteiger partial charge in [-0.25, -0.2) is 0 Å². The summed E-state index contributed by atoms with van der Waals surface area (Å²) in [5.74, 6) is -0.435. The van der Waals surface area contributed by atoms with Crippen molar-refractivity contribution in [2.75, 3.05) is 0 Å². The number of aldehydes is 1. The van der Waals surface area contributed by atoms with Crippen LogP contribution in [0, 0.1) is 5.92 Å². The lowest BCUT2D eigenvalue weighted by Gasteiger charge is -2.04. The molecule has 0 saturated carbocycles. The Hall–Kier alpha value is -1.18. The van der Waals surface area contributed by atoms with Crippen LogP contribution in [0.4, 0.5) is 0 Å². The average molecular weight is 236 g/mol. The number of Topliss-reactive ketones (excluding diaryl/α,β-unsaturated/α-hetero) is 1. The van der Waals surface area contributed by atoms with Gasteiger partial charge in [0.2, 0.25) is 0 Å². The summed E-state index contributed by atoms with van der Waals surface area (Å²) < 4.78 is 0. The zero-order chi connectivity index (χ0) is 13.3. The van der Waals surface area contributed by atoms with E-state index in [0.29, 0.717) is 6.29 Å². The van der Waals surface area contributed by atoms with Gasteiger partial charge in [-0.2, -0.15) is 0 Å². The van der Waals surface area contributed by atoms with Crippen molar-refractivity contribution in [1.82, 2.24) is 0 Å². The molecular formula is C15H24O2. The van der Waals surface area contributed by atoms with Gasteiger partial charge >= 0.3 is 0 Å². The van der Waals surface area contributed by atoms with Gasteiger partial charge in [-0.1, -0.05) is 30.2 Å². The molecule has 0 saturated heterocycles. The molecule has 0 heterocycles. The van der Waals surface area contributed by atoms with Crippen LogP contribution >= 0.6 is 0 Å². The van der Waals surface area contributed by atoms with Gasteiger partial charge in [-0.3, -0.25) is 9.59 Å². The molecule has 96 valence electrons. The molecule has 0 N–H and O–H groups in total. The number of rotatable bonds is 8. The molecule has 1 unspecified atom stereocenters.